The van der Waals surface area contributed by atoms with Gasteiger partial charge in [-0.05, 0) is 23.3 Å². The van der Waals surface area contributed by atoms with E-state index < -0.39 is 96.6 Å². The summed E-state index contributed by atoms with van der Waals surface area (Å²) in [6.07, 6.45) is -7.02. The van der Waals surface area contributed by atoms with Gasteiger partial charge in [-0.1, -0.05) is 30.3 Å². The Morgan fingerprint density at radius 1 is 0.840 bits per heavy atom. The van der Waals surface area contributed by atoms with E-state index in [-0.39, 0.29) is 12.3 Å². The summed E-state index contributed by atoms with van der Waals surface area (Å²) in [5.74, 6) is -7.70. The van der Waals surface area contributed by atoms with E-state index in [2.05, 4.69) is 5.32 Å². The maximum absolute atomic E-state index is 14.1. The van der Waals surface area contributed by atoms with Gasteiger partial charge in [0.25, 0.3) is 11.5 Å². The zero-order chi connectivity index (χ0) is 37.0. The molecule has 2 aromatic rings. The van der Waals surface area contributed by atoms with Gasteiger partial charge in [0.15, 0.2) is 12.2 Å². The molecule has 0 bridgehead atoms. The number of carbonyl (C=O) groups is 6. The van der Waals surface area contributed by atoms with E-state index in [1.54, 1.807) is 30.3 Å². The van der Waals surface area contributed by atoms with Crippen molar-refractivity contribution in [3.63, 3.8) is 0 Å². The molecule has 17 heteroatoms. The number of carbonyl (C=O) groups excluding carboxylic acids is 6. The molecule has 1 saturated heterocycles. The van der Waals surface area contributed by atoms with Crippen molar-refractivity contribution in [2.45, 2.75) is 90.5 Å². The lowest BCUT2D eigenvalue weighted by Gasteiger charge is -2.48. The molecule has 0 radical (unpaired) electrons. The normalized spacial score (nSPS) is 21.0. The van der Waals surface area contributed by atoms with Crippen molar-refractivity contribution in [2.75, 3.05) is 6.61 Å². The molecule has 1 amide bonds. The Labute approximate surface area is 286 Å². The molecule has 0 saturated carbocycles. The van der Waals surface area contributed by atoms with Crippen LogP contribution in [0, 0.1) is 10.1 Å². The molecule has 0 unspecified atom stereocenters. The lowest BCUT2D eigenvalue weighted by atomic mass is 9.88. The quantitative estimate of drug-likeness (QED) is 0.122. The van der Waals surface area contributed by atoms with Gasteiger partial charge in [-0.25, -0.2) is 4.79 Å². The molecule has 17 nitrogen and oxygen atoms in total. The van der Waals surface area contributed by atoms with Crippen LogP contribution in [0.4, 0.5) is 5.69 Å². The van der Waals surface area contributed by atoms with Crippen molar-refractivity contribution in [1.82, 2.24) is 5.32 Å². The summed E-state index contributed by atoms with van der Waals surface area (Å²) in [6.45, 7) is 4.03. The largest absolute Gasteiger partial charge is 0.462 e. The second-order valence-corrected chi connectivity index (χ2v) is 11.2. The topological polar surface area (TPSA) is 222 Å². The van der Waals surface area contributed by atoms with Gasteiger partial charge < -0.3 is 38.5 Å². The van der Waals surface area contributed by atoms with Crippen molar-refractivity contribution in [1.29, 1.82) is 0 Å². The van der Waals surface area contributed by atoms with Gasteiger partial charge in [-0.15, -0.1) is 0 Å². The fourth-order valence-electron chi connectivity index (χ4n) is 5.14. The molecule has 3 rings (SSSR count). The third-order valence-electron chi connectivity index (χ3n) is 7.14. The molecule has 2 aromatic carbocycles. The lowest BCUT2D eigenvalue weighted by molar-refractivity contribution is -0.384. The van der Waals surface area contributed by atoms with Gasteiger partial charge >= 0.3 is 29.8 Å². The minimum atomic E-state index is -2.48. The van der Waals surface area contributed by atoms with Gasteiger partial charge in [0.05, 0.1) is 24.0 Å². The van der Waals surface area contributed by atoms with E-state index in [1.165, 1.54) is 24.3 Å². The first kappa shape index (κ1) is 39.0. The number of amides is 1. The van der Waals surface area contributed by atoms with Crippen molar-refractivity contribution >= 4 is 41.4 Å². The third-order valence-corrected chi connectivity index (χ3v) is 7.14. The number of hydrogen-bond donors (Lipinski definition) is 1. The van der Waals surface area contributed by atoms with E-state index >= 15 is 0 Å². The Morgan fingerprint density at radius 3 is 2.00 bits per heavy atom. The first-order chi connectivity index (χ1) is 23.6. The summed E-state index contributed by atoms with van der Waals surface area (Å²) in [4.78, 5) is 86.1. The van der Waals surface area contributed by atoms with Gasteiger partial charge in [0.1, 0.15) is 25.4 Å². The molecule has 1 N–H and O–H groups in total. The molecular weight excluding hydrogens is 664 g/mol. The van der Waals surface area contributed by atoms with Crippen molar-refractivity contribution in [3.05, 3.63) is 75.8 Å². The van der Waals surface area contributed by atoms with Gasteiger partial charge in [0, 0.05) is 46.8 Å². The van der Waals surface area contributed by atoms with Crippen molar-refractivity contribution < 1.29 is 66.8 Å². The maximum Gasteiger partial charge on any atom is 0.367 e. The molecule has 270 valence electrons. The molecule has 0 aromatic heterocycles. The first-order valence-corrected chi connectivity index (χ1v) is 15.3. The Hall–Kier alpha value is -5.42. The van der Waals surface area contributed by atoms with Crippen LogP contribution in [0.1, 0.15) is 52.2 Å². The van der Waals surface area contributed by atoms with Gasteiger partial charge in [-0.3, -0.25) is 34.1 Å². The lowest BCUT2D eigenvalue weighted by Crippen LogP contribution is -2.69. The van der Waals surface area contributed by atoms with Crippen LogP contribution in [0.5, 0.6) is 0 Å². The summed E-state index contributed by atoms with van der Waals surface area (Å²) in [7, 11) is 0. The predicted octanol–water partition coefficient (Wildman–Crippen LogP) is 2.20. The van der Waals surface area contributed by atoms with E-state index in [9.17, 15) is 38.9 Å². The minimum Gasteiger partial charge on any atom is -0.462 e. The molecular formula is C33H38N2O15. The Balaban J connectivity index is 2.19. The number of nitrogens with one attached hydrogen (secondary N) is 1. The second-order valence-electron chi connectivity index (χ2n) is 11.2. The molecule has 0 spiro atoms. The fourth-order valence-corrected chi connectivity index (χ4v) is 5.14. The summed E-state index contributed by atoms with van der Waals surface area (Å²) < 4.78 is 39.7. The van der Waals surface area contributed by atoms with Crippen LogP contribution in [0.15, 0.2) is 54.6 Å². The van der Waals surface area contributed by atoms with Crippen LogP contribution >= 0.6 is 0 Å². The number of nitro benzene ring substituents is 1. The molecule has 1 aliphatic rings. The molecule has 0 aliphatic carbocycles. The van der Waals surface area contributed by atoms with Crippen LogP contribution < -0.4 is 5.32 Å². The SMILES string of the molecule is CC(=O)N[C@H]1[C@H]([C@H](OC(C)=O)[C@@H](COC(C)=O)OC(C)=O)O[C@@](OCc2ccc([N+](=O)[O-])cc2)(C(=O)OCc2ccccc2)C[C@@H]1OC(C)=O. The Kier molecular flexibility index (Phi) is 13.9. The standard InChI is InChI=1S/C33H38N2O15/c1-19(36)34-29-27(47-21(3)38)15-33(32(41)45-16-24-9-7-6-8-10-24,46-17-25-11-13-26(14-12-25)35(42)43)50-31(29)30(49-23(5)40)28(48-22(4)39)18-44-20(2)37/h6-14,27-31H,15-18H2,1-5H3,(H,34,36)/t27-,28+,29+,30+,31+,33+/m0/s1. The van der Waals surface area contributed by atoms with E-state index in [0.29, 0.717) is 11.1 Å². The highest BCUT2D eigenvalue weighted by Gasteiger charge is 2.59. The zero-order valence-corrected chi connectivity index (χ0v) is 28.0. The maximum atomic E-state index is 14.1. The van der Waals surface area contributed by atoms with Gasteiger partial charge in [-0.2, -0.15) is 0 Å². The number of ether oxygens (including phenoxy) is 7. The van der Waals surface area contributed by atoms with E-state index in [4.69, 9.17) is 33.2 Å². The highest BCUT2D eigenvalue weighted by atomic mass is 16.7. The number of nitro groups is 1. The highest BCUT2D eigenvalue weighted by molar-refractivity contribution is 5.79. The Morgan fingerprint density at radius 2 is 1.46 bits per heavy atom. The average Bonchev–Trinajstić information content (AvgIpc) is 3.04. The Bertz CT molecular complexity index is 1550. The fraction of sp³-hybridized carbons (Fsp3) is 0.455. The van der Waals surface area contributed by atoms with Crippen LogP contribution in [-0.4, -0.2) is 83.5 Å². The van der Waals surface area contributed by atoms with Crippen LogP contribution in [0.2, 0.25) is 0 Å². The van der Waals surface area contributed by atoms with Crippen LogP contribution in [0.25, 0.3) is 0 Å². The zero-order valence-electron chi connectivity index (χ0n) is 28.0. The first-order valence-electron chi connectivity index (χ1n) is 15.3. The third kappa shape index (κ3) is 11.3. The number of hydrogen-bond acceptors (Lipinski definition) is 15. The number of rotatable bonds is 15. The van der Waals surface area contributed by atoms with E-state index in [1.807, 2.05) is 0 Å². The van der Waals surface area contributed by atoms with Gasteiger partial charge in [0.2, 0.25) is 5.91 Å². The second kappa shape index (κ2) is 17.8. The summed E-state index contributed by atoms with van der Waals surface area (Å²) in [5, 5.41) is 13.8. The smallest absolute Gasteiger partial charge is 0.367 e. The monoisotopic (exact) mass is 702 g/mol. The predicted molar refractivity (Wildman–Crippen MR) is 167 cm³/mol. The molecule has 1 aliphatic heterocycles. The molecule has 1 heterocycles. The van der Waals surface area contributed by atoms with Crippen LogP contribution in [0.3, 0.4) is 0 Å². The van der Waals surface area contributed by atoms with Crippen molar-refractivity contribution in [2.24, 2.45) is 0 Å². The average molecular weight is 703 g/mol. The molecule has 1 fully saturated rings. The number of nitrogens with zero attached hydrogens (tertiary/aromatic N) is 1. The summed E-state index contributed by atoms with van der Waals surface area (Å²) in [6, 6.07) is 12.4. The van der Waals surface area contributed by atoms with Crippen molar-refractivity contribution in [3.8, 4) is 0 Å². The number of benzene rings is 2. The van der Waals surface area contributed by atoms with Crippen LogP contribution in [-0.2, 0) is 75.1 Å². The number of esters is 5. The summed E-state index contributed by atoms with van der Waals surface area (Å²) >= 11 is 0. The summed E-state index contributed by atoms with van der Waals surface area (Å²) in [5.41, 5.74) is 0.727. The number of non-ortho nitro benzene ring substituents is 1. The minimum absolute atomic E-state index is 0.207. The molecule has 6 atom stereocenters. The molecule has 50 heavy (non-hydrogen) atoms. The highest BCUT2D eigenvalue weighted by Crippen LogP contribution is 2.38. The van der Waals surface area contributed by atoms with E-state index in [0.717, 1.165) is 34.6 Å².